The van der Waals surface area contributed by atoms with E-state index in [1.165, 1.54) is 11.3 Å². The highest BCUT2D eigenvalue weighted by Crippen LogP contribution is 2.47. The maximum atomic E-state index is 11.0. The molecule has 7 rings (SSSR count). The number of hydrogen-bond donors (Lipinski definition) is 0. The summed E-state index contributed by atoms with van der Waals surface area (Å²) in [4.78, 5) is 14.1. The van der Waals surface area contributed by atoms with Crippen LogP contribution in [0.1, 0.15) is 66.1 Å². The van der Waals surface area contributed by atoms with Crippen molar-refractivity contribution in [1.29, 1.82) is 0 Å². The summed E-state index contributed by atoms with van der Waals surface area (Å²) in [5.74, 6) is 1.72. The molecule has 0 N–H and O–H groups in total. The molecule has 2 saturated heterocycles. The van der Waals surface area contributed by atoms with Gasteiger partial charge in [0.05, 0.1) is 27.6 Å². The summed E-state index contributed by atoms with van der Waals surface area (Å²) in [6.07, 6.45) is 6.94. The Labute approximate surface area is 232 Å². The highest BCUT2D eigenvalue weighted by molar-refractivity contribution is 7.13. The van der Waals surface area contributed by atoms with E-state index in [-0.39, 0.29) is 18.2 Å². The number of thiophene rings is 1. The van der Waals surface area contributed by atoms with Crippen molar-refractivity contribution in [3.63, 3.8) is 0 Å². The van der Waals surface area contributed by atoms with Gasteiger partial charge in [0.25, 0.3) is 5.89 Å². The number of anilines is 1. The van der Waals surface area contributed by atoms with E-state index < -0.39 is 0 Å². The third-order valence-electron chi connectivity index (χ3n) is 7.72. The van der Waals surface area contributed by atoms with Gasteiger partial charge in [-0.25, -0.2) is 0 Å². The number of benzene rings is 1. The minimum Gasteiger partial charge on any atom is -0.402 e. The zero-order valence-corrected chi connectivity index (χ0v) is 22.6. The first-order chi connectivity index (χ1) is 18.6. The number of aromatic nitrogens is 3. The molecule has 3 aromatic heterocycles. The van der Waals surface area contributed by atoms with Gasteiger partial charge in [-0.05, 0) is 56.7 Å². The fourth-order valence-electron chi connectivity index (χ4n) is 5.77. The zero-order valence-electron chi connectivity index (χ0n) is 20.3. The van der Waals surface area contributed by atoms with Crippen LogP contribution in [0.4, 0.5) is 6.01 Å². The summed E-state index contributed by atoms with van der Waals surface area (Å²) >= 11 is 14.4. The first kappa shape index (κ1) is 24.3. The molecule has 1 saturated carbocycles. The van der Waals surface area contributed by atoms with E-state index in [0.29, 0.717) is 51.3 Å². The van der Waals surface area contributed by atoms with E-state index >= 15 is 0 Å². The van der Waals surface area contributed by atoms with Gasteiger partial charge in [-0.15, -0.1) is 16.4 Å². The molecule has 38 heavy (non-hydrogen) atoms. The fraction of sp³-hybridized carbons (Fsp3) is 0.407. The van der Waals surface area contributed by atoms with Crippen LogP contribution in [-0.4, -0.2) is 39.8 Å². The van der Waals surface area contributed by atoms with Gasteiger partial charge in [-0.3, -0.25) is 4.79 Å². The molecule has 5 heterocycles. The van der Waals surface area contributed by atoms with Crippen LogP contribution < -0.4 is 4.90 Å². The highest BCUT2D eigenvalue weighted by Gasteiger charge is 2.44. The van der Waals surface area contributed by atoms with E-state index in [1.54, 1.807) is 11.4 Å². The maximum Gasteiger partial charge on any atom is 0.318 e. The van der Waals surface area contributed by atoms with Crippen molar-refractivity contribution in [3.05, 3.63) is 56.6 Å². The zero-order chi connectivity index (χ0) is 25.8. The van der Waals surface area contributed by atoms with Crippen LogP contribution in [0, 0.1) is 0 Å². The van der Waals surface area contributed by atoms with Gasteiger partial charge in [-0.2, -0.15) is 0 Å². The van der Waals surface area contributed by atoms with Crippen LogP contribution in [0.5, 0.6) is 0 Å². The molecule has 8 nitrogen and oxygen atoms in total. The number of piperidine rings is 1. The smallest absolute Gasteiger partial charge is 0.318 e. The Morgan fingerprint density at radius 1 is 1.11 bits per heavy atom. The van der Waals surface area contributed by atoms with Crippen LogP contribution in [0.15, 0.2) is 38.6 Å². The average Bonchev–Trinajstić information content (AvgIpc) is 3.24. The average molecular weight is 571 g/mol. The lowest BCUT2D eigenvalue weighted by molar-refractivity contribution is 0.0139. The molecule has 4 aromatic rings. The Bertz CT molecular complexity index is 1460. The van der Waals surface area contributed by atoms with Gasteiger partial charge in [0.1, 0.15) is 11.5 Å². The number of rotatable bonds is 8. The van der Waals surface area contributed by atoms with E-state index in [1.807, 2.05) is 18.2 Å². The number of halogens is 2. The molecule has 1 aromatic carbocycles. The number of hydrogen-bond acceptors (Lipinski definition) is 9. The molecular formula is C27H24Cl2N4O4S. The van der Waals surface area contributed by atoms with Crippen LogP contribution in [0.2, 0.25) is 10.0 Å². The Hall–Kier alpha value is -2.72. The van der Waals surface area contributed by atoms with Gasteiger partial charge in [0.15, 0.2) is 6.29 Å². The lowest BCUT2D eigenvalue weighted by Gasteiger charge is -2.37. The number of carbonyl (C=O) groups excluding carboxylic acids is 1. The second-order valence-corrected chi connectivity index (χ2v) is 11.9. The van der Waals surface area contributed by atoms with Gasteiger partial charge in [0, 0.05) is 40.1 Å². The van der Waals surface area contributed by atoms with E-state index in [2.05, 4.69) is 20.3 Å². The molecule has 3 fully saturated rings. The standard InChI is InChI=1S/C27H24Cl2N4O4S/c28-20-2-1-3-21(29)23(20)24-19(25(37-32-24)15-4-5-15)12-35-18-9-16-6-7-17(10-18)33(16)27-31-30-26(36-27)22-8-14(11-34)13-38-22/h1-3,8,11,13,15-18H,4-7,9-10,12H2. The fourth-order valence-corrected chi connectivity index (χ4v) is 7.12. The van der Waals surface area contributed by atoms with Crippen molar-refractivity contribution in [2.24, 2.45) is 0 Å². The van der Waals surface area contributed by atoms with Crippen molar-refractivity contribution in [1.82, 2.24) is 15.4 Å². The van der Waals surface area contributed by atoms with Gasteiger partial charge >= 0.3 is 6.01 Å². The molecular weight excluding hydrogens is 547 g/mol. The second kappa shape index (κ2) is 9.79. The quantitative estimate of drug-likeness (QED) is 0.206. The van der Waals surface area contributed by atoms with Crippen LogP contribution in [0.3, 0.4) is 0 Å². The summed E-state index contributed by atoms with van der Waals surface area (Å²) in [7, 11) is 0. The predicted octanol–water partition coefficient (Wildman–Crippen LogP) is 7.17. The van der Waals surface area contributed by atoms with Crippen molar-refractivity contribution in [2.75, 3.05) is 4.90 Å². The third-order valence-corrected chi connectivity index (χ3v) is 9.29. The molecule has 2 bridgehead atoms. The summed E-state index contributed by atoms with van der Waals surface area (Å²) in [5, 5.41) is 15.9. The van der Waals surface area contributed by atoms with Gasteiger partial charge < -0.3 is 18.6 Å². The third kappa shape index (κ3) is 4.35. The molecule has 11 heteroatoms. The second-order valence-electron chi connectivity index (χ2n) is 10.2. The molecule has 2 atom stereocenters. The number of fused-ring (bicyclic) bond motifs is 2. The van der Waals surface area contributed by atoms with Crippen LogP contribution in [0.25, 0.3) is 22.0 Å². The van der Waals surface area contributed by atoms with E-state index in [0.717, 1.165) is 61.0 Å². The topological polar surface area (TPSA) is 94.5 Å². The van der Waals surface area contributed by atoms with E-state index in [9.17, 15) is 4.79 Å². The molecule has 0 radical (unpaired) electrons. The first-order valence-electron chi connectivity index (χ1n) is 12.8. The number of nitrogens with zero attached hydrogens (tertiary/aromatic N) is 4. The summed E-state index contributed by atoms with van der Waals surface area (Å²) in [6.45, 7) is 0.401. The van der Waals surface area contributed by atoms with E-state index in [4.69, 9.17) is 36.9 Å². The lowest BCUT2D eigenvalue weighted by atomic mass is 10.00. The molecule has 2 aliphatic heterocycles. The normalized spacial score (nSPS) is 22.8. The largest absolute Gasteiger partial charge is 0.402 e. The summed E-state index contributed by atoms with van der Waals surface area (Å²) < 4.78 is 18.4. The van der Waals surface area contributed by atoms with Crippen molar-refractivity contribution < 1.29 is 18.5 Å². The summed E-state index contributed by atoms with van der Waals surface area (Å²) in [6, 6.07) is 8.30. The summed E-state index contributed by atoms with van der Waals surface area (Å²) in [5.41, 5.74) is 2.93. The first-order valence-corrected chi connectivity index (χ1v) is 14.4. The van der Waals surface area contributed by atoms with Crippen LogP contribution >= 0.6 is 34.5 Å². The van der Waals surface area contributed by atoms with Crippen LogP contribution in [-0.2, 0) is 11.3 Å². The Kier molecular flexibility index (Phi) is 6.27. The number of aldehydes is 1. The van der Waals surface area contributed by atoms with Crippen molar-refractivity contribution in [3.8, 4) is 22.0 Å². The minimum absolute atomic E-state index is 0.0927. The number of carbonyl (C=O) groups is 1. The molecule has 1 aliphatic carbocycles. The Morgan fingerprint density at radius 2 is 1.87 bits per heavy atom. The monoisotopic (exact) mass is 570 g/mol. The Balaban J connectivity index is 1.07. The van der Waals surface area contributed by atoms with Gasteiger partial charge in [-0.1, -0.05) is 39.5 Å². The molecule has 2 unspecified atom stereocenters. The molecule has 196 valence electrons. The van der Waals surface area contributed by atoms with Crippen molar-refractivity contribution >= 4 is 46.8 Å². The van der Waals surface area contributed by atoms with Gasteiger partial charge in [0.2, 0.25) is 0 Å². The predicted molar refractivity (Wildman–Crippen MR) is 144 cm³/mol. The maximum absolute atomic E-state index is 11.0. The highest BCUT2D eigenvalue weighted by atomic mass is 35.5. The SMILES string of the molecule is O=Cc1csc(-c2nnc(N3C4CCC3CC(OCc3c(-c5c(Cl)cccc5Cl)noc3C3CC3)C4)o2)c1. The lowest BCUT2D eigenvalue weighted by Crippen LogP contribution is -2.45. The number of ether oxygens (including phenoxy) is 1. The molecule has 0 spiro atoms. The molecule has 3 aliphatic rings. The minimum atomic E-state index is 0.0927. The molecule has 0 amide bonds. The van der Waals surface area contributed by atoms with Crippen molar-refractivity contribution in [2.45, 2.75) is 69.2 Å². The Morgan fingerprint density at radius 3 is 2.55 bits per heavy atom.